The van der Waals surface area contributed by atoms with E-state index in [1.165, 1.54) is 36.3 Å². The third kappa shape index (κ3) is 3.90. The lowest BCUT2D eigenvalue weighted by Gasteiger charge is -2.04. The van der Waals surface area contributed by atoms with Crippen molar-refractivity contribution < 1.29 is 14.1 Å². The summed E-state index contributed by atoms with van der Waals surface area (Å²) in [4.78, 5) is 12.9. The number of ketones is 1. The number of hydrogen-bond donors (Lipinski definition) is 0. The number of imidazole rings is 1. The Kier molecular flexibility index (Phi) is 5.62. The van der Waals surface area contributed by atoms with E-state index in [1.807, 2.05) is 24.3 Å². The van der Waals surface area contributed by atoms with Crippen LogP contribution in [0, 0.1) is 0 Å². The normalized spacial score (nSPS) is 13.6. The van der Waals surface area contributed by atoms with Gasteiger partial charge in [0.25, 0.3) is 5.82 Å². The molecule has 0 spiro atoms. The second-order valence-corrected chi connectivity index (χ2v) is 8.10. The van der Waals surface area contributed by atoms with Crippen LogP contribution in [0.25, 0.3) is 11.3 Å². The molecule has 5 heteroatoms. The third-order valence-corrected chi connectivity index (χ3v) is 5.89. The highest BCUT2D eigenvalue weighted by atomic mass is 79.9. The van der Waals surface area contributed by atoms with Gasteiger partial charge in [-0.2, -0.15) is 0 Å². The fourth-order valence-corrected chi connectivity index (χ4v) is 4.12. The van der Waals surface area contributed by atoms with Crippen molar-refractivity contribution in [3.63, 3.8) is 0 Å². The highest BCUT2D eigenvalue weighted by molar-refractivity contribution is 9.10. The van der Waals surface area contributed by atoms with Gasteiger partial charge in [0.05, 0.1) is 13.7 Å². The molecule has 1 aromatic heterocycles. The van der Waals surface area contributed by atoms with Gasteiger partial charge in [0, 0.05) is 22.0 Å². The summed E-state index contributed by atoms with van der Waals surface area (Å²) >= 11 is 3.51. The largest absolute Gasteiger partial charge is 0.497 e. The number of hydrogen-bond acceptors (Lipinski definition) is 2. The molecule has 0 atom stereocenters. The molecule has 0 unspecified atom stereocenters. The van der Waals surface area contributed by atoms with E-state index in [0.717, 1.165) is 23.2 Å². The Hall–Kier alpha value is -2.40. The summed E-state index contributed by atoms with van der Waals surface area (Å²) in [5.41, 5.74) is 3.08. The van der Waals surface area contributed by atoms with Crippen LogP contribution in [0.15, 0.2) is 59.2 Å². The topological polar surface area (TPSA) is 35.1 Å². The van der Waals surface area contributed by atoms with Gasteiger partial charge in [-0.25, -0.2) is 9.13 Å². The first-order valence-corrected chi connectivity index (χ1v) is 10.5. The Morgan fingerprint density at radius 2 is 1.82 bits per heavy atom. The van der Waals surface area contributed by atoms with Crippen molar-refractivity contribution in [2.75, 3.05) is 7.11 Å². The Labute approximate surface area is 173 Å². The van der Waals surface area contributed by atoms with Gasteiger partial charge in [0.15, 0.2) is 12.2 Å². The lowest BCUT2D eigenvalue weighted by atomic mass is 10.1. The molecule has 4 rings (SSSR count). The molecule has 144 valence electrons. The van der Waals surface area contributed by atoms with Crippen LogP contribution in [0.3, 0.4) is 0 Å². The Morgan fingerprint density at radius 3 is 2.54 bits per heavy atom. The maximum atomic E-state index is 12.9. The highest BCUT2D eigenvalue weighted by Crippen LogP contribution is 2.25. The van der Waals surface area contributed by atoms with Crippen LogP contribution in [-0.4, -0.2) is 17.5 Å². The molecule has 2 aromatic carbocycles. The first kappa shape index (κ1) is 18.9. The minimum atomic E-state index is 0.118. The summed E-state index contributed by atoms with van der Waals surface area (Å²) in [5.74, 6) is 2.13. The van der Waals surface area contributed by atoms with Crippen LogP contribution < -0.4 is 9.30 Å². The van der Waals surface area contributed by atoms with Gasteiger partial charge in [-0.15, -0.1) is 0 Å². The molecule has 0 radical (unpaired) electrons. The maximum Gasteiger partial charge on any atom is 0.257 e. The van der Waals surface area contributed by atoms with Crippen molar-refractivity contribution in [2.45, 2.75) is 38.8 Å². The molecule has 4 nitrogen and oxygen atoms in total. The van der Waals surface area contributed by atoms with Crippen LogP contribution in [-0.2, 0) is 19.5 Å². The van der Waals surface area contributed by atoms with Gasteiger partial charge in [-0.3, -0.25) is 4.79 Å². The number of fused-ring (bicyclic) bond motifs is 1. The first-order valence-electron chi connectivity index (χ1n) is 9.71. The van der Waals surface area contributed by atoms with Gasteiger partial charge < -0.3 is 4.74 Å². The molecule has 0 aliphatic carbocycles. The summed E-state index contributed by atoms with van der Waals surface area (Å²) in [6, 6.07) is 15.8. The van der Waals surface area contributed by atoms with E-state index in [-0.39, 0.29) is 5.78 Å². The second kappa shape index (κ2) is 8.31. The summed E-state index contributed by atoms with van der Waals surface area (Å²) in [6.45, 7) is 1.36. The SMILES string of the molecule is COc1ccc(C(=O)C[n+]2cc(-c3ccc(Br)cc3)n3c2CCCCC3)cc1. The Balaban J connectivity index is 1.68. The van der Waals surface area contributed by atoms with E-state index in [0.29, 0.717) is 12.1 Å². The van der Waals surface area contributed by atoms with Crippen LogP contribution in [0.4, 0.5) is 0 Å². The number of rotatable bonds is 5. The molecule has 3 aromatic rings. The van der Waals surface area contributed by atoms with Crippen LogP contribution in [0.1, 0.15) is 35.4 Å². The average molecular weight is 440 g/mol. The summed E-state index contributed by atoms with van der Waals surface area (Å²) in [6.07, 6.45) is 6.73. The number of methoxy groups -OCH3 is 1. The zero-order chi connectivity index (χ0) is 19.5. The van der Waals surface area contributed by atoms with Crippen LogP contribution in [0.2, 0.25) is 0 Å². The fraction of sp³-hybridized carbons (Fsp3) is 0.304. The summed E-state index contributed by atoms with van der Waals surface area (Å²) in [5, 5.41) is 0. The number of halogens is 1. The Bertz CT molecular complexity index is 975. The molecule has 0 fully saturated rings. The van der Waals surface area contributed by atoms with E-state index >= 15 is 0 Å². The van der Waals surface area contributed by atoms with Crippen molar-refractivity contribution in [2.24, 2.45) is 0 Å². The van der Waals surface area contributed by atoms with E-state index in [2.05, 4.69) is 55.5 Å². The van der Waals surface area contributed by atoms with Gasteiger partial charge in [0.1, 0.15) is 11.9 Å². The predicted octanol–water partition coefficient (Wildman–Crippen LogP) is 4.82. The van der Waals surface area contributed by atoms with Crippen LogP contribution >= 0.6 is 15.9 Å². The van der Waals surface area contributed by atoms with Gasteiger partial charge in [-0.05, 0) is 67.8 Å². The quantitative estimate of drug-likeness (QED) is 0.421. The molecule has 0 saturated heterocycles. The van der Waals surface area contributed by atoms with E-state index < -0.39 is 0 Å². The fourth-order valence-electron chi connectivity index (χ4n) is 3.85. The number of aromatic nitrogens is 2. The number of ether oxygens (including phenoxy) is 1. The first-order chi connectivity index (χ1) is 13.7. The van der Waals surface area contributed by atoms with Crippen molar-refractivity contribution in [1.82, 2.24) is 4.57 Å². The third-order valence-electron chi connectivity index (χ3n) is 5.36. The van der Waals surface area contributed by atoms with Gasteiger partial charge >= 0.3 is 0 Å². The average Bonchev–Trinajstić information content (AvgIpc) is 2.90. The predicted molar refractivity (Wildman–Crippen MR) is 113 cm³/mol. The molecule has 0 saturated carbocycles. The lowest BCUT2D eigenvalue weighted by molar-refractivity contribution is -0.690. The van der Waals surface area contributed by atoms with Crippen molar-refractivity contribution in [1.29, 1.82) is 0 Å². The van der Waals surface area contributed by atoms with Crippen molar-refractivity contribution in [3.05, 3.63) is 70.6 Å². The molecular formula is C23H24BrN2O2+. The molecule has 28 heavy (non-hydrogen) atoms. The monoisotopic (exact) mass is 439 g/mol. The molecule has 1 aliphatic heterocycles. The number of nitrogens with zero attached hydrogens (tertiary/aromatic N) is 2. The molecule has 2 heterocycles. The number of benzene rings is 2. The zero-order valence-electron chi connectivity index (χ0n) is 16.0. The van der Waals surface area contributed by atoms with Crippen molar-refractivity contribution >= 4 is 21.7 Å². The zero-order valence-corrected chi connectivity index (χ0v) is 17.6. The number of carbonyl (C=O) groups excluding carboxylic acids is 1. The van der Waals surface area contributed by atoms with E-state index in [9.17, 15) is 4.79 Å². The minimum Gasteiger partial charge on any atom is -0.497 e. The van der Waals surface area contributed by atoms with Crippen LogP contribution in [0.5, 0.6) is 5.75 Å². The molecule has 0 bridgehead atoms. The lowest BCUT2D eigenvalue weighted by Crippen LogP contribution is -2.40. The van der Waals surface area contributed by atoms with E-state index in [4.69, 9.17) is 4.74 Å². The highest BCUT2D eigenvalue weighted by Gasteiger charge is 2.27. The number of Topliss-reactive ketones (excluding diaryl/α,β-unsaturated/α-hetero) is 1. The van der Waals surface area contributed by atoms with Gasteiger partial charge in [-0.1, -0.05) is 15.9 Å². The summed E-state index contributed by atoms with van der Waals surface area (Å²) < 4.78 is 10.8. The second-order valence-electron chi connectivity index (χ2n) is 7.18. The van der Waals surface area contributed by atoms with Crippen molar-refractivity contribution in [3.8, 4) is 17.0 Å². The molecule has 0 N–H and O–H groups in total. The number of carbonyl (C=O) groups is 1. The molecule has 1 aliphatic rings. The minimum absolute atomic E-state index is 0.118. The maximum absolute atomic E-state index is 12.9. The standard InChI is InChI=1S/C23H24BrN2O2/c1-28-20-12-8-18(9-13-20)22(27)16-25-15-21(17-6-10-19(24)11-7-17)26-14-4-2-3-5-23(25)26/h6-13,15H,2-5,14,16H2,1H3/q+1. The Morgan fingerprint density at radius 1 is 1.07 bits per heavy atom. The van der Waals surface area contributed by atoms with E-state index in [1.54, 1.807) is 7.11 Å². The molecule has 0 amide bonds. The smallest absolute Gasteiger partial charge is 0.257 e. The molecular weight excluding hydrogens is 416 g/mol. The summed E-state index contributed by atoms with van der Waals surface area (Å²) in [7, 11) is 1.63. The van der Waals surface area contributed by atoms with Gasteiger partial charge in [0.2, 0.25) is 5.78 Å².